The largest absolute Gasteiger partial charge is 0.198 e. The van der Waals surface area contributed by atoms with Crippen LogP contribution in [-0.2, 0) is 0 Å². The standard InChI is InChI=1S/C19H33N/c1-3-4-5-6-16-7-9-17(10-8-16)18-11-13-19(2,15-20)14-12-18/h16-18H,3-14H2,1-2H3/t16?,17?,18-,19-. The monoisotopic (exact) mass is 275 g/mol. The lowest BCUT2D eigenvalue weighted by Crippen LogP contribution is -2.29. The first-order valence-corrected chi connectivity index (χ1v) is 9.08. The van der Waals surface area contributed by atoms with Crippen molar-refractivity contribution in [2.75, 3.05) is 0 Å². The number of hydrogen-bond acceptors (Lipinski definition) is 1. The van der Waals surface area contributed by atoms with Crippen molar-refractivity contribution in [2.45, 2.75) is 90.9 Å². The van der Waals surface area contributed by atoms with Crippen LogP contribution in [0.25, 0.3) is 0 Å². The fraction of sp³-hybridized carbons (Fsp3) is 0.947. The van der Waals surface area contributed by atoms with E-state index in [1.54, 1.807) is 0 Å². The maximum atomic E-state index is 9.23. The molecule has 0 unspecified atom stereocenters. The highest BCUT2D eigenvalue weighted by Gasteiger charge is 2.35. The molecule has 0 N–H and O–H groups in total. The van der Waals surface area contributed by atoms with Crippen LogP contribution in [0, 0.1) is 34.5 Å². The van der Waals surface area contributed by atoms with Gasteiger partial charge in [-0.15, -0.1) is 0 Å². The minimum atomic E-state index is -0.00610. The van der Waals surface area contributed by atoms with E-state index in [2.05, 4.69) is 19.9 Å². The highest BCUT2D eigenvalue weighted by atomic mass is 14.4. The van der Waals surface area contributed by atoms with Crippen LogP contribution < -0.4 is 0 Å². The molecule has 0 heterocycles. The lowest BCUT2D eigenvalue weighted by molar-refractivity contribution is 0.127. The molecule has 1 nitrogen and oxygen atoms in total. The summed E-state index contributed by atoms with van der Waals surface area (Å²) in [6, 6.07) is 2.54. The Hall–Kier alpha value is -0.510. The molecular formula is C19H33N. The highest BCUT2D eigenvalue weighted by molar-refractivity contribution is 4.99. The van der Waals surface area contributed by atoms with E-state index in [1.807, 2.05) is 0 Å². The van der Waals surface area contributed by atoms with Crippen LogP contribution in [0.4, 0.5) is 0 Å². The van der Waals surface area contributed by atoms with Crippen LogP contribution in [0.5, 0.6) is 0 Å². The molecule has 0 radical (unpaired) electrons. The van der Waals surface area contributed by atoms with Gasteiger partial charge in [-0.1, -0.05) is 45.4 Å². The van der Waals surface area contributed by atoms with Gasteiger partial charge in [0.05, 0.1) is 11.5 Å². The van der Waals surface area contributed by atoms with Crippen LogP contribution in [0.1, 0.15) is 90.9 Å². The fourth-order valence-corrected chi connectivity index (χ4v) is 4.49. The minimum Gasteiger partial charge on any atom is -0.198 e. The molecule has 0 aromatic rings. The number of nitriles is 1. The van der Waals surface area contributed by atoms with E-state index < -0.39 is 0 Å². The maximum absolute atomic E-state index is 9.23. The summed E-state index contributed by atoms with van der Waals surface area (Å²) in [5.74, 6) is 2.96. The Bertz CT molecular complexity index is 311. The molecule has 0 atom stereocenters. The predicted molar refractivity (Wildman–Crippen MR) is 85.3 cm³/mol. The Balaban J connectivity index is 1.68. The fourth-order valence-electron chi connectivity index (χ4n) is 4.49. The van der Waals surface area contributed by atoms with Crippen molar-refractivity contribution in [1.82, 2.24) is 0 Å². The van der Waals surface area contributed by atoms with E-state index in [0.717, 1.165) is 30.6 Å². The van der Waals surface area contributed by atoms with Gasteiger partial charge in [-0.3, -0.25) is 0 Å². The third kappa shape index (κ3) is 4.24. The molecule has 2 saturated carbocycles. The van der Waals surface area contributed by atoms with E-state index in [1.165, 1.54) is 64.2 Å². The second kappa shape index (κ2) is 7.48. The summed E-state index contributed by atoms with van der Waals surface area (Å²) in [6.07, 6.45) is 16.6. The zero-order valence-electron chi connectivity index (χ0n) is 13.7. The van der Waals surface area contributed by atoms with E-state index in [0.29, 0.717) is 0 Å². The molecular weight excluding hydrogens is 242 g/mol. The third-order valence-electron chi connectivity index (χ3n) is 6.18. The SMILES string of the molecule is CCCCCC1CCC([C@H]2CC[C@](C)(C#N)CC2)CC1. The minimum absolute atomic E-state index is 0.00610. The maximum Gasteiger partial charge on any atom is 0.0686 e. The van der Waals surface area contributed by atoms with Crippen LogP contribution in [0.15, 0.2) is 0 Å². The van der Waals surface area contributed by atoms with Gasteiger partial charge in [-0.05, 0) is 63.2 Å². The summed E-state index contributed by atoms with van der Waals surface area (Å²) in [5, 5.41) is 9.23. The molecule has 0 aromatic heterocycles. The van der Waals surface area contributed by atoms with Crippen LogP contribution in [0.2, 0.25) is 0 Å². The van der Waals surface area contributed by atoms with Gasteiger partial charge in [0.1, 0.15) is 0 Å². The zero-order chi connectivity index (χ0) is 14.4. The predicted octanol–water partition coefficient (Wildman–Crippen LogP) is 6.09. The molecule has 0 amide bonds. The molecule has 0 bridgehead atoms. The molecule has 0 spiro atoms. The number of rotatable bonds is 5. The Kier molecular flexibility index (Phi) is 5.94. The highest BCUT2D eigenvalue weighted by Crippen LogP contribution is 2.45. The van der Waals surface area contributed by atoms with Crippen LogP contribution in [-0.4, -0.2) is 0 Å². The molecule has 2 aliphatic carbocycles. The molecule has 2 fully saturated rings. The van der Waals surface area contributed by atoms with Crippen molar-refractivity contribution in [3.05, 3.63) is 0 Å². The molecule has 2 aliphatic rings. The van der Waals surface area contributed by atoms with Gasteiger partial charge in [-0.2, -0.15) is 5.26 Å². The van der Waals surface area contributed by atoms with Crippen molar-refractivity contribution < 1.29 is 0 Å². The van der Waals surface area contributed by atoms with Gasteiger partial charge in [-0.25, -0.2) is 0 Å². The molecule has 0 saturated heterocycles. The number of hydrogen-bond donors (Lipinski definition) is 0. The lowest BCUT2D eigenvalue weighted by atomic mass is 9.65. The normalized spacial score (nSPS) is 38.4. The van der Waals surface area contributed by atoms with Crippen LogP contribution >= 0.6 is 0 Å². The Morgan fingerprint density at radius 2 is 1.55 bits per heavy atom. The van der Waals surface area contributed by atoms with E-state index in [-0.39, 0.29) is 5.41 Å². The van der Waals surface area contributed by atoms with Gasteiger partial charge in [0.15, 0.2) is 0 Å². The zero-order valence-corrected chi connectivity index (χ0v) is 13.7. The summed E-state index contributed by atoms with van der Waals surface area (Å²) in [5.41, 5.74) is -0.00610. The second-order valence-electron chi connectivity index (χ2n) is 7.79. The van der Waals surface area contributed by atoms with Crippen LogP contribution in [0.3, 0.4) is 0 Å². The van der Waals surface area contributed by atoms with Gasteiger partial charge < -0.3 is 0 Å². The summed E-state index contributed by atoms with van der Waals surface area (Å²) >= 11 is 0. The van der Waals surface area contributed by atoms with Gasteiger partial charge >= 0.3 is 0 Å². The second-order valence-corrected chi connectivity index (χ2v) is 7.79. The number of nitrogens with zero attached hydrogens (tertiary/aromatic N) is 1. The van der Waals surface area contributed by atoms with E-state index >= 15 is 0 Å². The smallest absolute Gasteiger partial charge is 0.0686 e. The van der Waals surface area contributed by atoms with Crippen molar-refractivity contribution in [3.8, 4) is 6.07 Å². The first kappa shape index (κ1) is 15.9. The molecule has 1 heteroatoms. The Morgan fingerprint density at radius 3 is 2.10 bits per heavy atom. The quantitative estimate of drug-likeness (QED) is 0.557. The summed E-state index contributed by atoms with van der Waals surface area (Å²) in [4.78, 5) is 0. The number of unbranched alkanes of at least 4 members (excludes halogenated alkanes) is 2. The summed E-state index contributed by atoms with van der Waals surface area (Å²) < 4.78 is 0. The molecule has 2 rings (SSSR count). The average Bonchev–Trinajstić information content (AvgIpc) is 2.49. The van der Waals surface area contributed by atoms with Crippen molar-refractivity contribution in [3.63, 3.8) is 0 Å². The van der Waals surface area contributed by atoms with Crippen molar-refractivity contribution >= 4 is 0 Å². The first-order chi connectivity index (χ1) is 9.67. The van der Waals surface area contributed by atoms with Gasteiger partial charge in [0.25, 0.3) is 0 Å². The molecule has 20 heavy (non-hydrogen) atoms. The summed E-state index contributed by atoms with van der Waals surface area (Å²) in [7, 11) is 0. The van der Waals surface area contributed by atoms with Gasteiger partial charge in [0, 0.05) is 0 Å². The molecule has 0 aromatic carbocycles. The lowest BCUT2D eigenvalue weighted by Gasteiger charge is -2.39. The topological polar surface area (TPSA) is 23.8 Å². The van der Waals surface area contributed by atoms with Gasteiger partial charge in [0.2, 0.25) is 0 Å². The average molecular weight is 275 g/mol. The molecule has 114 valence electrons. The summed E-state index contributed by atoms with van der Waals surface area (Å²) in [6.45, 7) is 4.46. The van der Waals surface area contributed by atoms with E-state index in [4.69, 9.17) is 0 Å². The Labute approximate surface area is 126 Å². The Morgan fingerprint density at radius 1 is 0.950 bits per heavy atom. The van der Waals surface area contributed by atoms with Crippen molar-refractivity contribution in [2.24, 2.45) is 23.2 Å². The molecule has 0 aliphatic heterocycles. The third-order valence-corrected chi connectivity index (χ3v) is 6.18. The van der Waals surface area contributed by atoms with E-state index in [9.17, 15) is 5.26 Å². The van der Waals surface area contributed by atoms with Crippen molar-refractivity contribution in [1.29, 1.82) is 5.26 Å². The first-order valence-electron chi connectivity index (χ1n) is 9.08.